The normalized spacial score (nSPS) is 20.1. The Hall–Kier alpha value is -1.35. The summed E-state index contributed by atoms with van der Waals surface area (Å²) in [6.45, 7) is 3.55. The van der Waals surface area contributed by atoms with Crippen LogP contribution in [0.5, 0.6) is 0 Å². The Morgan fingerprint density at radius 1 is 1.50 bits per heavy atom. The number of aryl methyl sites for hydroxylation is 1. The Labute approximate surface area is 96.2 Å². The van der Waals surface area contributed by atoms with E-state index in [9.17, 15) is 4.79 Å². The van der Waals surface area contributed by atoms with Gasteiger partial charge in [0, 0.05) is 24.7 Å². The van der Waals surface area contributed by atoms with Crippen LogP contribution < -0.4 is 5.73 Å². The van der Waals surface area contributed by atoms with Gasteiger partial charge in [0.15, 0.2) is 0 Å². The lowest BCUT2D eigenvalue weighted by Gasteiger charge is -2.17. The Balaban J connectivity index is 2.20. The van der Waals surface area contributed by atoms with Gasteiger partial charge < -0.3 is 10.6 Å². The van der Waals surface area contributed by atoms with E-state index in [4.69, 9.17) is 5.73 Å². The number of amides is 1. The number of carbonyl (C=O) groups is 1. The average molecular weight is 218 g/mol. The summed E-state index contributed by atoms with van der Waals surface area (Å²) < 4.78 is 0. The molecule has 1 aliphatic rings. The predicted molar refractivity (Wildman–Crippen MR) is 64.3 cm³/mol. The van der Waals surface area contributed by atoms with Gasteiger partial charge in [-0.1, -0.05) is 25.1 Å². The molecule has 86 valence electrons. The Morgan fingerprint density at radius 2 is 2.25 bits per heavy atom. The molecule has 1 amide bonds. The van der Waals surface area contributed by atoms with Crippen LogP contribution in [0, 0.1) is 0 Å². The summed E-state index contributed by atoms with van der Waals surface area (Å²) in [5.41, 5.74) is 7.77. The first kappa shape index (κ1) is 11.1. The van der Waals surface area contributed by atoms with Crippen molar-refractivity contribution < 1.29 is 4.79 Å². The van der Waals surface area contributed by atoms with Gasteiger partial charge in [0.1, 0.15) is 0 Å². The van der Waals surface area contributed by atoms with Gasteiger partial charge >= 0.3 is 0 Å². The largest absolute Gasteiger partial charge is 0.337 e. The number of rotatable bonds is 2. The first-order chi connectivity index (χ1) is 7.72. The second kappa shape index (κ2) is 4.66. The van der Waals surface area contributed by atoms with Crippen LogP contribution in [0.4, 0.5) is 0 Å². The number of nitrogens with zero attached hydrogens (tertiary/aromatic N) is 1. The summed E-state index contributed by atoms with van der Waals surface area (Å²) in [6.07, 6.45) is 1.81. The third-order valence-electron chi connectivity index (χ3n) is 3.14. The van der Waals surface area contributed by atoms with Gasteiger partial charge in [0.25, 0.3) is 5.91 Å². The van der Waals surface area contributed by atoms with Crippen molar-refractivity contribution in [3.63, 3.8) is 0 Å². The fraction of sp³-hybridized carbons (Fsp3) is 0.462. The van der Waals surface area contributed by atoms with E-state index in [2.05, 4.69) is 6.92 Å². The van der Waals surface area contributed by atoms with Crippen LogP contribution in [0.1, 0.15) is 29.3 Å². The van der Waals surface area contributed by atoms with E-state index >= 15 is 0 Å². The molecule has 0 saturated carbocycles. The quantitative estimate of drug-likeness (QED) is 0.816. The minimum Gasteiger partial charge on any atom is -0.337 e. The highest BCUT2D eigenvalue weighted by Gasteiger charge is 2.25. The van der Waals surface area contributed by atoms with Crippen molar-refractivity contribution in [3.8, 4) is 0 Å². The number of carbonyl (C=O) groups excluding carboxylic acids is 1. The second-order valence-corrected chi connectivity index (χ2v) is 4.31. The minimum atomic E-state index is 0.130. The lowest BCUT2D eigenvalue weighted by molar-refractivity contribution is 0.0790. The van der Waals surface area contributed by atoms with E-state index in [1.165, 1.54) is 0 Å². The number of hydrogen-bond donors (Lipinski definition) is 1. The maximum Gasteiger partial charge on any atom is 0.254 e. The zero-order valence-electron chi connectivity index (χ0n) is 9.65. The van der Waals surface area contributed by atoms with E-state index in [-0.39, 0.29) is 11.9 Å². The van der Waals surface area contributed by atoms with Gasteiger partial charge in [-0.2, -0.15) is 0 Å². The van der Waals surface area contributed by atoms with Crippen molar-refractivity contribution in [1.82, 2.24) is 4.90 Å². The van der Waals surface area contributed by atoms with Crippen LogP contribution in [0.2, 0.25) is 0 Å². The van der Waals surface area contributed by atoms with Crippen LogP contribution in [0.15, 0.2) is 24.3 Å². The second-order valence-electron chi connectivity index (χ2n) is 4.31. The molecule has 16 heavy (non-hydrogen) atoms. The molecule has 1 fully saturated rings. The van der Waals surface area contributed by atoms with Gasteiger partial charge in [0.05, 0.1) is 0 Å². The van der Waals surface area contributed by atoms with Crippen molar-refractivity contribution in [2.45, 2.75) is 25.8 Å². The molecule has 1 atom stereocenters. The zero-order chi connectivity index (χ0) is 11.5. The standard InChI is InChI=1S/C13H18N2O/c1-2-10-5-3-4-6-12(10)13(16)15-8-7-11(14)9-15/h3-6,11H,2,7-9,14H2,1H3/t11-/m0/s1. The summed E-state index contributed by atoms with van der Waals surface area (Å²) >= 11 is 0. The molecule has 1 aromatic rings. The molecule has 0 aromatic heterocycles. The summed E-state index contributed by atoms with van der Waals surface area (Å²) in [6, 6.07) is 7.97. The molecule has 1 aliphatic heterocycles. The molecule has 0 aliphatic carbocycles. The number of nitrogens with two attached hydrogens (primary N) is 1. The van der Waals surface area contributed by atoms with Crippen LogP contribution in [0.25, 0.3) is 0 Å². The van der Waals surface area contributed by atoms with Crippen LogP contribution >= 0.6 is 0 Å². The maximum atomic E-state index is 12.2. The molecule has 2 N–H and O–H groups in total. The van der Waals surface area contributed by atoms with E-state index in [1.54, 1.807) is 0 Å². The first-order valence-corrected chi connectivity index (χ1v) is 5.85. The lowest BCUT2D eigenvalue weighted by atomic mass is 10.0. The molecule has 1 aromatic carbocycles. The van der Waals surface area contributed by atoms with E-state index in [0.29, 0.717) is 6.54 Å². The summed E-state index contributed by atoms with van der Waals surface area (Å²) in [5, 5.41) is 0. The van der Waals surface area contributed by atoms with Gasteiger partial charge in [-0.15, -0.1) is 0 Å². The van der Waals surface area contributed by atoms with E-state index in [0.717, 1.165) is 30.5 Å². The van der Waals surface area contributed by atoms with Crippen molar-refractivity contribution in [1.29, 1.82) is 0 Å². The molecule has 2 rings (SSSR count). The molecular formula is C13H18N2O. The molecule has 0 spiro atoms. The third-order valence-corrected chi connectivity index (χ3v) is 3.14. The molecule has 0 bridgehead atoms. The highest BCUT2D eigenvalue weighted by Crippen LogP contribution is 2.16. The van der Waals surface area contributed by atoms with E-state index < -0.39 is 0 Å². The molecule has 3 heteroatoms. The average Bonchev–Trinajstić information content (AvgIpc) is 2.75. The molecule has 0 radical (unpaired) electrons. The van der Waals surface area contributed by atoms with Gasteiger partial charge in [-0.3, -0.25) is 4.79 Å². The summed E-state index contributed by atoms with van der Waals surface area (Å²) in [7, 11) is 0. The molecular weight excluding hydrogens is 200 g/mol. The molecule has 0 unspecified atom stereocenters. The fourth-order valence-corrected chi connectivity index (χ4v) is 2.18. The van der Waals surface area contributed by atoms with Gasteiger partial charge in [-0.05, 0) is 24.5 Å². The van der Waals surface area contributed by atoms with Crippen LogP contribution in [-0.2, 0) is 6.42 Å². The topological polar surface area (TPSA) is 46.3 Å². The Morgan fingerprint density at radius 3 is 2.88 bits per heavy atom. The Kier molecular flexibility index (Phi) is 3.25. The molecule has 1 heterocycles. The van der Waals surface area contributed by atoms with Crippen molar-refractivity contribution >= 4 is 5.91 Å². The fourth-order valence-electron chi connectivity index (χ4n) is 2.18. The van der Waals surface area contributed by atoms with E-state index in [1.807, 2.05) is 29.2 Å². The third kappa shape index (κ3) is 2.09. The highest BCUT2D eigenvalue weighted by atomic mass is 16.2. The van der Waals surface area contributed by atoms with Crippen LogP contribution in [0.3, 0.4) is 0 Å². The van der Waals surface area contributed by atoms with Crippen LogP contribution in [-0.4, -0.2) is 29.9 Å². The number of benzene rings is 1. The number of hydrogen-bond acceptors (Lipinski definition) is 2. The highest BCUT2D eigenvalue weighted by molar-refractivity contribution is 5.95. The number of likely N-dealkylation sites (tertiary alicyclic amines) is 1. The first-order valence-electron chi connectivity index (χ1n) is 5.85. The lowest BCUT2D eigenvalue weighted by Crippen LogP contribution is -2.32. The zero-order valence-corrected chi connectivity index (χ0v) is 9.65. The van der Waals surface area contributed by atoms with Crippen molar-refractivity contribution in [2.75, 3.05) is 13.1 Å². The monoisotopic (exact) mass is 218 g/mol. The molecule has 3 nitrogen and oxygen atoms in total. The SMILES string of the molecule is CCc1ccccc1C(=O)N1CC[C@H](N)C1. The van der Waals surface area contributed by atoms with Gasteiger partial charge in [0.2, 0.25) is 0 Å². The van der Waals surface area contributed by atoms with Gasteiger partial charge in [-0.25, -0.2) is 0 Å². The minimum absolute atomic E-state index is 0.130. The summed E-state index contributed by atoms with van der Waals surface area (Å²) in [5.74, 6) is 0.130. The van der Waals surface area contributed by atoms with Crippen molar-refractivity contribution in [2.24, 2.45) is 5.73 Å². The predicted octanol–water partition coefficient (Wildman–Crippen LogP) is 1.42. The maximum absolute atomic E-state index is 12.2. The van der Waals surface area contributed by atoms with Crippen molar-refractivity contribution in [3.05, 3.63) is 35.4 Å². The Bertz CT molecular complexity index is 389. The summed E-state index contributed by atoms with van der Waals surface area (Å²) in [4.78, 5) is 14.1. The molecule has 1 saturated heterocycles. The smallest absolute Gasteiger partial charge is 0.254 e.